The molecular weight excluding hydrogens is 342 g/mol. The van der Waals surface area contributed by atoms with Crippen LogP contribution in [0.4, 0.5) is 17.5 Å². The summed E-state index contributed by atoms with van der Waals surface area (Å²) >= 11 is 1.76. The maximum absolute atomic E-state index is 4.85. The van der Waals surface area contributed by atoms with Crippen molar-refractivity contribution in [2.45, 2.75) is 36.0 Å². The Balaban J connectivity index is 1.64. The molecule has 0 aliphatic carbocycles. The Kier molecular flexibility index (Phi) is 5.11. The number of rotatable bonds is 5. The van der Waals surface area contributed by atoms with E-state index in [1.165, 1.54) is 29.1 Å². The molecule has 1 aliphatic rings. The molecule has 2 aromatic heterocycles. The second kappa shape index (κ2) is 7.83. The SMILES string of the molecule is Cc1cc(Nc2cc(Sc3ccccc3)cc(N3CCCCC3)n2)n[nH]1. The van der Waals surface area contributed by atoms with Crippen molar-refractivity contribution in [2.75, 3.05) is 23.3 Å². The molecule has 4 rings (SSSR count). The molecule has 5 nitrogen and oxygen atoms in total. The molecule has 0 spiro atoms. The Bertz CT molecular complexity index is 856. The van der Waals surface area contributed by atoms with Gasteiger partial charge in [0.25, 0.3) is 0 Å². The molecular formula is C20H23N5S. The average molecular weight is 366 g/mol. The molecule has 1 aromatic carbocycles. The highest BCUT2D eigenvalue weighted by Gasteiger charge is 2.15. The van der Waals surface area contributed by atoms with E-state index < -0.39 is 0 Å². The molecule has 0 saturated carbocycles. The third-order valence-electron chi connectivity index (χ3n) is 4.41. The molecule has 3 heterocycles. The number of piperidine rings is 1. The van der Waals surface area contributed by atoms with Crippen molar-refractivity contribution >= 4 is 29.2 Å². The van der Waals surface area contributed by atoms with E-state index >= 15 is 0 Å². The Hall–Kier alpha value is -2.47. The van der Waals surface area contributed by atoms with Gasteiger partial charge >= 0.3 is 0 Å². The van der Waals surface area contributed by atoms with Gasteiger partial charge in [0.05, 0.1) is 0 Å². The highest BCUT2D eigenvalue weighted by Crippen LogP contribution is 2.33. The highest BCUT2D eigenvalue weighted by molar-refractivity contribution is 7.99. The van der Waals surface area contributed by atoms with Gasteiger partial charge in [-0.15, -0.1) is 0 Å². The van der Waals surface area contributed by atoms with Gasteiger partial charge in [-0.2, -0.15) is 5.10 Å². The first-order valence-corrected chi connectivity index (χ1v) is 9.87. The van der Waals surface area contributed by atoms with Gasteiger partial charge in [-0.05, 0) is 50.5 Å². The van der Waals surface area contributed by atoms with Crippen LogP contribution in [-0.4, -0.2) is 28.3 Å². The fourth-order valence-electron chi connectivity index (χ4n) is 3.14. The Labute approximate surface area is 158 Å². The predicted octanol–water partition coefficient (Wildman–Crippen LogP) is 5.00. The molecule has 1 aliphatic heterocycles. The summed E-state index contributed by atoms with van der Waals surface area (Å²) in [5.41, 5.74) is 1.03. The van der Waals surface area contributed by atoms with E-state index in [-0.39, 0.29) is 0 Å². The van der Waals surface area contributed by atoms with Crippen molar-refractivity contribution in [3.8, 4) is 0 Å². The summed E-state index contributed by atoms with van der Waals surface area (Å²) in [6, 6.07) is 16.7. The van der Waals surface area contributed by atoms with Gasteiger partial charge in [0, 0.05) is 34.6 Å². The molecule has 134 valence electrons. The summed E-state index contributed by atoms with van der Waals surface area (Å²) in [4.78, 5) is 9.65. The predicted molar refractivity (Wildman–Crippen MR) is 107 cm³/mol. The number of aromatic amines is 1. The summed E-state index contributed by atoms with van der Waals surface area (Å²) in [5, 5.41) is 10.6. The van der Waals surface area contributed by atoms with Crippen molar-refractivity contribution in [3.63, 3.8) is 0 Å². The zero-order valence-corrected chi connectivity index (χ0v) is 15.7. The first-order chi connectivity index (χ1) is 12.8. The second-order valence-corrected chi connectivity index (χ2v) is 7.72. The molecule has 1 fully saturated rings. The van der Waals surface area contributed by atoms with Crippen LogP contribution in [0, 0.1) is 6.92 Å². The number of aromatic nitrogens is 3. The van der Waals surface area contributed by atoms with Gasteiger partial charge < -0.3 is 10.2 Å². The van der Waals surface area contributed by atoms with E-state index in [4.69, 9.17) is 4.98 Å². The number of H-pyrrole nitrogens is 1. The lowest BCUT2D eigenvalue weighted by Crippen LogP contribution is -2.30. The zero-order chi connectivity index (χ0) is 17.8. The molecule has 0 atom stereocenters. The standard InChI is InChI=1S/C20H23N5S/c1-15-12-19(24-23-15)21-18-13-17(26-16-8-4-2-5-9-16)14-20(22-18)25-10-6-3-7-11-25/h2,4-5,8-9,12-14H,3,6-7,10-11H2,1H3,(H2,21,22,23,24). The van der Waals surface area contributed by atoms with E-state index in [0.717, 1.165) is 36.2 Å². The van der Waals surface area contributed by atoms with Crippen LogP contribution >= 0.6 is 11.8 Å². The maximum atomic E-state index is 4.85. The number of pyridine rings is 1. The molecule has 0 amide bonds. The van der Waals surface area contributed by atoms with Crippen molar-refractivity contribution < 1.29 is 0 Å². The van der Waals surface area contributed by atoms with Crippen LogP contribution < -0.4 is 10.2 Å². The Morgan fingerprint density at radius 1 is 0.962 bits per heavy atom. The summed E-state index contributed by atoms with van der Waals surface area (Å²) in [7, 11) is 0. The number of aryl methyl sites for hydroxylation is 1. The quantitative estimate of drug-likeness (QED) is 0.666. The van der Waals surface area contributed by atoms with Crippen molar-refractivity contribution in [2.24, 2.45) is 0 Å². The molecule has 0 bridgehead atoms. The van der Waals surface area contributed by atoms with Crippen LogP contribution in [0.5, 0.6) is 0 Å². The smallest absolute Gasteiger partial charge is 0.153 e. The molecule has 6 heteroatoms. The Morgan fingerprint density at radius 3 is 2.50 bits per heavy atom. The van der Waals surface area contributed by atoms with Gasteiger partial charge in [0.2, 0.25) is 0 Å². The molecule has 0 radical (unpaired) electrons. The van der Waals surface area contributed by atoms with Gasteiger partial charge in [0.1, 0.15) is 11.6 Å². The van der Waals surface area contributed by atoms with Crippen molar-refractivity contribution in [1.82, 2.24) is 15.2 Å². The molecule has 26 heavy (non-hydrogen) atoms. The normalized spacial score (nSPS) is 14.4. The average Bonchev–Trinajstić information content (AvgIpc) is 3.08. The summed E-state index contributed by atoms with van der Waals surface area (Å²) < 4.78 is 0. The summed E-state index contributed by atoms with van der Waals surface area (Å²) in [5.74, 6) is 2.67. The minimum absolute atomic E-state index is 0.793. The van der Waals surface area contributed by atoms with Gasteiger partial charge in [0.15, 0.2) is 5.82 Å². The van der Waals surface area contributed by atoms with Crippen LogP contribution in [-0.2, 0) is 0 Å². The van der Waals surface area contributed by atoms with Crippen LogP contribution in [0.1, 0.15) is 25.0 Å². The number of nitrogens with zero attached hydrogens (tertiary/aromatic N) is 3. The minimum atomic E-state index is 0.793. The summed E-state index contributed by atoms with van der Waals surface area (Å²) in [6.45, 7) is 4.15. The summed E-state index contributed by atoms with van der Waals surface area (Å²) in [6.07, 6.45) is 3.78. The van der Waals surface area contributed by atoms with Crippen molar-refractivity contribution in [3.05, 3.63) is 54.2 Å². The number of benzene rings is 1. The second-order valence-electron chi connectivity index (χ2n) is 6.57. The highest BCUT2D eigenvalue weighted by atomic mass is 32.2. The molecule has 2 N–H and O–H groups in total. The van der Waals surface area contributed by atoms with Crippen LogP contribution in [0.15, 0.2) is 58.3 Å². The van der Waals surface area contributed by atoms with Gasteiger partial charge in [-0.3, -0.25) is 5.10 Å². The van der Waals surface area contributed by atoms with Crippen molar-refractivity contribution in [1.29, 1.82) is 0 Å². The largest absolute Gasteiger partial charge is 0.357 e. The van der Waals surface area contributed by atoms with Crippen LogP contribution in [0.2, 0.25) is 0 Å². The first kappa shape index (κ1) is 17.0. The fourth-order valence-corrected chi connectivity index (χ4v) is 4.04. The number of anilines is 3. The van der Waals surface area contributed by atoms with E-state index in [9.17, 15) is 0 Å². The third kappa shape index (κ3) is 4.19. The maximum Gasteiger partial charge on any atom is 0.153 e. The topological polar surface area (TPSA) is 56.8 Å². The number of nitrogens with one attached hydrogen (secondary N) is 2. The molecule has 0 unspecified atom stereocenters. The molecule has 1 saturated heterocycles. The number of hydrogen-bond donors (Lipinski definition) is 2. The lowest BCUT2D eigenvalue weighted by atomic mass is 10.1. The van der Waals surface area contributed by atoms with E-state index in [1.54, 1.807) is 11.8 Å². The Morgan fingerprint density at radius 2 is 1.77 bits per heavy atom. The van der Waals surface area contributed by atoms with E-state index in [0.29, 0.717) is 0 Å². The fraction of sp³-hybridized carbons (Fsp3) is 0.300. The van der Waals surface area contributed by atoms with E-state index in [2.05, 4.69) is 56.8 Å². The zero-order valence-electron chi connectivity index (χ0n) is 14.9. The lowest BCUT2D eigenvalue weighted by molar-refractivity contribution is 0.573. The van der Waals surface area contributed by atoms with Gasteiger partial charge in [-0.25, -0.2) is 4.98 Å². The van der Waals surface area contributed by atoms with E-state index in [1.807, 2.05) is 19.1 Å². The minimum Gasteiger partial charge on any atom is -0.357 e. The lowest BCUT2D eigenvalue weighted by Gasteiger charge is -2.28. The number of hydrogen-bond acceptors (Lipinski definition) is 5. The first-order valence-electron chi connectivity index (χ1n) is 9.05. The van der Waals surface area contributed by atoms with Crippen LogP contribution in [0.25, 0.3) is 0 Å². The monoisotopic (exact) mass is 365 g/mol. The van der Waals surface area contributed by atoms with Crippen LogP contribution in [0.3, 0.4) is 0 Å². The third-order valence-corrected chi connectivity index (χ3v) is 5.39. The molecule has 3 aromatic rings. The van der Waals surface area contributed by atoms with Gasteiger partial charge in [-0.1, -0.05) is 30.0 Å².